The molecule has 0 radical (unpaired) electrons. The van der Waals surface area contributed by atoms with Gasteiger partial charge in [0.1, 0.15) is 17.2 Å². The van der Waals surface area contributed by atoms with E-state index in [2.05, 4.69) is 85.6 Å². The molecule has 53 heavy (non-hydrogen) atoms. The number of hydrogen-bond donors (Lipinski definition) is 1. The fourth-order valence-electron chi connectivity index (χ4n) is 7.66. The third-order valence-corrected chi connectivity index (χ3v) is 10.6. The SMILES string of the molecule is CCCCCCCCCCN(c1ccc(OCCCC)cc1)c1ccc2c(c1)Oc1cc(C)c(Nc3ccccc3)cc1C21OC(=O)c2ccccc21. The number of para-hydroxylation sites is 1. The molecule has 274 valence electrons. The van der Waals surface area contributed by atoms with Gasteiger partial charge in [-0.25, -0.2) is 4.79 Å². The van der Waals surface area contributed by atoms with Gasteiger partial charge in [-0.1, -0.05) is 102 Å². The molecule has 1 N–H and O–H groups in total. The number of unbranched alkanes of at least 4 members (excludes halogenated alkanes) is 8. The second-order valence-corrected chi connectivity index (χ2v) is 14.4. The summed E-state index contributed by atoms with van der Waals surface area (Å²) in [6.07, 6.45) is 12.2. The van der Waals surface area contributed by atoms with Crippen molar-refractivity contribution in [2.45, 2.75) is 90.6 Å². The second kappa shape index (κ2) is 16.6. The molecule has 5 aromatic carbocycles. The molecule has 0 aliphatic carbocycles. The number of nitrogens with zero attached hydrogens (tertiary/aromatic N) is 1. The van der Waals surface area contributed by atoms with Gasteiger partial charge in [-0.05, 0) is 92.1 Å². The minimum absolute atomic E-state index is 0.334. The van der Waals surface area contributed by atoms with E-state index in [1.165, 1.54) is 44.9 Å². The van der Waals surface area contributed by atoms with Gasteiger partial charge in [0.25, 0.3) is 0 Å². The van der Waals surface area contributed by atoms with Gasteiger partial charge < -0.3 is 24.4 Å². The van der Waals surface area contributed by atoms with Crippen LogP contribution in [0.3, 0.4) is 0 Å². The number of carbonyl (C=O) groups excluding carboxylic acids is 1. The first-order chi connectivity index (χ1) is 26.0. The zero-order valence-electron chi connectivity index (χ0n) is 31.5. The highest BCUT2D eigenvalue weighted by Crippen LogP contribution is 2.57. The number of rotatable bonds is 17. The molecule has 0 saturated heterocycles. The Hall–Kier alpha value is -5.23. The Labute approximate surface area is 315 Å². The number of fused-ring (bicyclic) bond motifs is 6. The zero-order chi connectivity index (χ0) is 36.6. The van der Waals surface area contributed by atoms with Crippen LogP contribution in [0.2, 0.25) is 0 Å². The van der Waals surface area contributed by atoms with Gasteiger partial charge in [0, 0.05) is 52.1 Å². The molecule has 7 rings (SSSR count). The van der Waals surface area contributed by atoms with Crippen LogP contribution in [0.4, 0.5) is 22.7 Å². The maximum absolute atomic E-state index is 13.6. The number of nitrogens with one attached hydrogen (secondary N) is 1. The zero-order valence-corrected chi connectivity index (χ0v) is 31.5. The van der Waals surface area contributed by atoms with E-state index in [1.807, 2.05) is 54.6 Å². The molecule has 0 fully saturated rings. The van der Waals surface area contributed by atoms with Gasteiger partial charge in [-0.3, -0.25) is 0 Å². The van der Waals surface area contributed by atoms with Gasteiger partial charge >= 0.3 is 5.97 Å². The molecule has 6 heteroatoms. The average molecular weight is 709 g/mol. The van der Waals surface area contributed by atoms with Gasteiger partial charge in [0.15, 0.2) is 5.60 Å². The standard InChI is InChI=1S/C47H52N2O4/c1-4-6-8-9-10-11-12-18-29-49(36-23-26-38(27-24-36)51-30-7-5-2)37-25-28-41-45(32-37)52-44-31-34(3)43(48-35-19-14-13-15-20-35)33-42(44)47(41)40-22-17-16-21-39(40)46(50)53-47/h13-17,19-28,31-33,48H,4-12,18,29-30H2,1-3H3. The van der Waals surface area contributed by atoms with Crippen LogP contribution >= 0.6 is 0 Å². The Kier molecular flexibility index (Phi) is 11.3. The van der Waals surface area contributed by atoms with E-state index in [4.69, 9.17) is 14.2 Å². The van der Waals surface area contributed by atoms with Crippen LogP contribution in [0.1, 0.15) is 111 Å². The summed E-state index contributed by atoms with van der Waals surface area (Å²) in [4.78, 5) is 16.0. The van der Waals surface area contributed by atoms with E-state index in [0.717, 1.165) is 83.2 Å². The molecule has 0 saturated carbocycles. The molecule has 1 unspecified atom stereocenters. The van der Waals surface area contributed by atoms with E-state index in [1.54, 1.807) is 0 Å². The summed E-state index contributed by atoms with van der Waals surface area (Å²) in [5.74, 6) is 1.92. The van der Waals surface area contributed by atoms with Crippen molar-refractivity contribution in [2.75, 3.05) is 23.4 Å². The summed E-state index contributed by atoms with van der Waals surface area (Å²) >= 11 is 0. The quantitative estimate of drug-likeness (QED) is 0.0766. The molecule has 1 atom stereocenters. The number of anilines is 4. The Morgan fingerprint density at radius 3 is 2.11 bits per heavy atom. The number of hydrogen-bond acceptors (Lipinski definition) is 6. The van der Waals surface area contributed by atoms with E-state index < -0.39 is 5.60 Å². The van der Waals surface area contributed by atoms with E-state index in [9.17, 15) is 4.79 Å². The molecular weight excluding hydrogens is 657 g/mol. The summed E-state index contributed by atoms with van der Waals surface area (Å²) in [6, 6.07) is 36.8. The van der Waals surface area contributed by atoms with Gasteiger partial charge in [0.2, 0.25) is 0 Å². The molecular formula is C47H52N2O4. The fraction of sp³-hybridized carbons (Fsp3) is 0.340. The highest BCUT2D eigenvalue weighted by molar-refractivity contribution is 5.97. The van der Waals surface area contributed by atoms with Crippen molar-refractivity contribution >= 4 is 28.7 Å². The lowest BCUT2D eigenvalue weighted by molar-refractivity contribution is 0.0224. The first kappa shape index (κ1) is 36.1. The smallest absolute Gasteiger partial charge is 0.340 e. The van der Waals surface area contributed by atoms with Crippen LogP contribution < -0.4 is 19.7 Å². The first-order valence-electron chi connectivity index (χ1n) is 19.6. The molecule has 1 spiro atoms. The van der Waals surface area contributed by atoms with Crippen LogP contribution in [-0.2, 0) is 10.3 Å². The van der Waals surface area contributed by atoms with Crippen molar-refractivity contribution in [3.63, 3.8) is 0 Å². The van der Waals surface area contributed by atoms with Crippen molar-refractivity contribution in [3.05, 3.63) is 137 Å². The van der Waals surface area contributed by atoms with Crippen LogP contribution in [0.15, 0.2) is 109 Å². The second-order valence-electron chi connectivity index (χ2n) is 14.4. The summed E-state index contributed by atoms with van der Waals surface area (Å²) in [5.41, 5.74) is 6.92. The summed E-state index contributed by atoms with van der Waals surface area (Å²) in [7, 11) is 0. The van der Waals surface area contributed by atoms with Crippen LogP contribution in [0.5, 0.6) is 17.2 Å². The topological polar surface area (TPSA) is 60.0 Å². The van der Waals surface area contributed by atoms with Crippen molar-refractivity contribution < 1.29 is 19.0 Å². The Bertz CT molecular complexity index is 2010. The minimum Gasteiger partial charge on any atom is -0.494 e. The third kappa shape index (κ3) is 7.64. The third-order valence-electron chi connectivity index (χ3n) is 10.6. The maximum atomic E-state index is 13.6. The van der Waals surface area contributed by atoms with E-state index in [0.29, 0.717) is 17.1 Å². The van der Waals surface area contributed by atoms with Crippen molar-refractivity contribution in [1.29, 1.82) is 0 Å². The first-order valence-corrected chi connectivity index (χ1v) is 19.6. The Morgan fingerprint density at radius 1 is 0.660 bits per heavy atom. The molecule has 2 aliphatic heterocycles. The van der Waals surface area contributed by atoms with Gasteiger partial charge in [0.05, 0.1) is 12.2 Å². The number of esters is 1. The van der Waals surface area contributed by atoms with Gasteiger partial charge in [-0.2, -0.15) is 0 Å². The largest absolute Gasteiger partial charge is 0.494 e. The molecule has 5 aromatic rings. The van der Waals surface area contributed by atoms with Crippen LogP contribution in [0.25, 0.3) is 0 Å². The molecule has 0 bridgehead atoms. The fourth-order valence-corrected chi connectivity index (χ4v) is 7.66. The van der Waals surface area contributed by atoms with Crippen LogP contribution in [0, 0.1) is 6.92 Å². The summed E-state index contributed by atoms with van der Waals surface area (Å²) < 4.78 is 19.4. The molecule has 0 aromatic heterocycles. The normalized spacial score (nSPS) is 15.3. The average Bonchev–Trinajstić information content (AvgIpc) is 3.48. The lowest BCUT2D eigenvalue weighted by atomic mass is 9.77. The summed E-state index contributed by atoms with van der Waals surface area (Å²) in [6.45, 7) is 8.11. The van der Waals surface area contributed by atoms with Gasteiger partial charge in [-0.15, -0.1) is 0 Å². The minimum atomic E-state index is -1.16. The molecule has 2 aliphatic rings. The predicted octanol–water partition coefficient (Wildman–Crippen LogP) is 12.8. The number of benzene rings is 5. The summed E-state index contributed by atoms with van der Waals surface area (Å²) in [5, 5.41) is 3.58. The van der Waals surface area contributed by atoms with Crippen molar-refractivity contribution in [2.24, 2.45) is 0 Å². The Morgan fingerprint density at radius 2 is 1.34 bits per heavy atom. The van der Waals surface area contributed by atoms with Crippen molar-refractivity contribution in [1.82, 2.24) is 0 Å². The molecule has 6 nitrogen and oxygen atoms in total. The van der Waals surface area contributed by atoms with E-state index in [-0.39, 0.29) is 5.97 Å². The lowest BCUT2D eigenvalue weighted by Gasteiger charge is -2.38. The lowest BCUT2D eigenvalue weighted by Crippen LogP contribution is -2.33. The van der Waals surface area contributed by atoms with E-state index >= 15 is 0 Å². The highest BCUT2D eigenvalue weighted by Gasteiger charge is 2.53. The monoisotopic (exact) mass is 708 g/mol. The van der Waals surface area contributed by atoms with Crippen LogP contribution in [-0.4, -0.2) is 19.1 Å². The molecule has 0 amide bonds. The number of aryl methyl sites for hydroxylation is 1. The number of ether oxygens (including phenoxy) is 3. The highest BCUT2D eigenvalue weighted by atomic mass is 16.6. The number of carbonyl (C=O) groups is 1. The molecule has 2 heterocycles. The Balaban J connectivity index is 1.25. The van der Waals surface area contributed by atoms with Crippen molar-refractivity contribution in [3.8, 4) is 17.2 Å². The predicted molar refractivity (Wildman–Crippen MR) is 216 cm³/mol. The maximum Gasteiger partial charge on any atom is 0.340 e.